The van der Waals surface area contributed by atoms with Gasteiger partial charge < -0.3 is 15.0 Å². The quantitative estimate of drug-likeness (QED) is 0.855. The number of hydrogen-bond donors (Lipinski definition) is 2. The maximum atomic E-state index is 12.3. The molecule has 0 saturated carbocycles. The minimum Gasteiger partial charge on any atom is -0.393 e. The zero-order chi connectivity index (χ0) is 17.0. The van der Waals surface area contributed by atoms with Crippen LogP contribution in [-0.2, 0) is 11.2 Å². The Kier molecular flexibility index (Phi) is 5.93. The van der Waals surface area contributed by atoms with Gasteiger partial charge in [0.2, 0.25) is 5.91 Å². The number of nitrogens with zero attached hydrogens (tertiary/aromatic N) is 2. The molecule has 1 saturated heterocycles. The number of aromatic nitrogens is 2. The highest BCUT2D eigenvalue weighted by atomic mass is 16.3. The molecule has 1 aliphatic rings. The van der Waals surface area contributed by atoms with Crippen LogP contribution < -0.4 is 5.56 Å². The van der Waals surface area contributed by atoms with Crippen molar-refractivity contribution < 1.29 is 9.90 Å². The van der Waals surface area contributed by atoms with Crippen LogP contribution in [0.1, 0.15) is 44.5 Å². The van der Waals surface area contributed by atoms with Crippen LogP contribution in [0, 0.1) is 18.8 Å². The topological polar surface area (TPSA) is 86.3 Å². The van der Waals surface area contributed by atoms with Crippen LogP contribution in [0.3, 0.4) is 0 Å². The van der Waals surface area contributed by atoms with Gasteiger partial charge in [0.05, 0.1) is 12.5 Å². The van der Waals surface area contributed by atoms with Gasteiger partial charge in [0, 0.05) is 24.8 Å². The lowest BCUT2D eigenvalue weighted by atomic mass is 9.87. The Morgan fingerprint density at radius 1 is 1.43 bits per heavy atom. The molecule has 1 amide bonds. The Labute approximate surface area is 136 Å². The summed E-state index contributed by atoms with van der Waals surface area (Å²) in [7, 11) is 0. The number of aryl methyl sites for hydroxylation is 1. The smallest absolute Gasteiger partial charge is 0.254 e. The van der Waals surface area contributed by atoms with E-state index in [2.05, 4.69) is 23.8 Å². The zero-order valence-corrected chi connectivity index (χ0v) is 14.2. The Bertz CT molecular complexity index is 589. The van der Waals surface area contributed by atoms with Gasteiger partial charge in [0.15, 0.2) is 0 Å². The Morgan fingerprint density at radius 3 is 2.65 bits per heavy atom. The molecule has 2 N–H and O–H groups in total. The molecule has 128 valence electrons. The number of aliphatic hydroxyl groups is 1. The van der Waals surface area contributed by atoms with Crippen molar-refractivity contribution in [3.8, 4) is 0 Å². The third-order valence-electron chi connectivity index (χ3n) is 4.49. The van der Waals surface area contributed by atoms with Gasteiger partial charge in [0.25, 0.3) is 5.56 Å². The number of H-pyrrole nitrogens is 1. The number of piperidine rings is 1. The SMILES string of the molecule is Cc1ncc(CC(=O)N2CCC([C@H](O)CC(C)C)CC2)c(=O)[nH]1. The normalized spacial score (nSPS) is 17.5. The van der Waals surface area contributed by atoms with E-state index in [4.69, 9.17) is 0 Å². The summed E-state index contributed by atoms with van der Waals surface area (Å²) in [6.45, 7) is 7.22. The van der Waals surface area contributed by atoms with Crippen molar-refractivity contribution in [2.75, 3.05) is 13.1 Å². The van der Waals surface area contributed by atoms with Gasteiger partial charge in [-0.2, -0.15) is 0 Å². The van der Waals surface area contributed by atoms with Gasteiger partial charge >= 0.3 is 0 Å². The summed E-state index contributed by atoms with van der Waals surface area (Å²) in [6.07, 6.45) is 3.73. The fourth-order valence-corrected chi connectivity index (χ4v) is 3.12. The van der Waals surface area contributed by atoms with Gasteiger partial charge in [0.1, 0.15) is 5.82 Å². The van der Waals surface area contributed by atoms with Gasteiger partial charge in [-0.05, 0) is 38.0 Å². The number of aromatic amines is 1. The van der Waals surface area contributed by atoms with Crippen molar-refractivity contribution in [3.63, 3.8) is 0 Å². The second-order valence-corrected chi connectivity index (χ2v) is 6.91. The molecule has 0 unspecified atom stereocenters. The van der Waals surface area contributed by atoms with Crippen LogP contribution in [0.25, 0.3) is 0 Å². The third kappa shape index (κ3) is 4.89. The first-order valence-corrected chi connectivity index (χ1v) is 8.37. The number of hydrogen-bond acceptors (Lipinski definition) is 4. The summed E-state index contributed by atoms with van der Waals surface area (Å²) in [5, 5.41) is 10.2. The van der Waals surface area contributed by atoms with E-state index in [0.29, 0.717) is 30.4 Å². The number of aliphatic hydroxyl groups excluding tert-OH is 1. The van der Waals surface area contributed by atoms with Crippen molar-refractivity contribution in [2.45, 2.75) is 52.6 Å². The number of carbonyl (C=O) groups is 1. The van der Waals surface area contributed by atoms with Crippen molar-refractivity contribution in [1.29, 1.82) is 0 Å². The standard InChI is InChI=1S/C17H27N3O3/c1-11(2)8-15(21)13-4-6-20(7-5-13)16(22)9-14-10-18-12(3)19-17(14)23/h10-11,13,15,21H,4-9H2,1-3H3,(H,18,19,23)/t15-/m1/s1. The highest BCUT2D eigenvalue weighted by molar-refractivity contribution is 5.78. The molecule has 1 atom stereocenters. The second-order valence-electron chi connectivity index (χ2n) is 6.91. The molecule has 6 nitrogen and oxygen atoms in total. The monoisotopic (exact) mass is 321 g/mol. The number of likely N-dealkylation sites (tertiary alicyclic amines) is 1. The van der Waals surface area contributed by atoms with E-state index in [1.54, 1.807) is 11.8 Å². The highest BCUT2D eigenvalue weighted by Gasteiger charge is 2.28. The molecule has 0 aliphatic carbocycles. The van der Waals surface area contributed by atoms with Gasteiger partial charge in [-0.3, -0.25) is 9.59 Å². The Balaban J connectivity index is 1.87. The summed E-state index contributed by atoms with van der Waals surface area (Å²) in [5.74, 6) is 1.25. The molecule has 0 radical (unpaired) electrons. The van der Waals surface area contributed by atoms with Gasteiger partial charge in [-0.1, -0.05) is 13.8 Å². The highest BCUT2D eigenvalue weighted by Crippen LogP contribution is 2.24. The lowest BCUT2D eigenvalue weighted by Crippen LogP contribution is -2.42. The first-order chi connectivity index (χ1) is 10.9. The summed E-state index contributed by atoms with van der Waals surface area (Å²) in [5.41, 5.74) is 0.163. The van der Waals surface area contributed by atoms with Crippen LogP contribution in [0.2, 0.25) is 0 Å². The summed E-state index contributed by atoms with van der Waals surface area (Å²) >= 11 is 0. The molecule has 23 heavy (non-hydrogen) atoms. The Morgan fingerprint density at radius 2 is 2.09 bits per heavy atom. The first kappa shape index (κ1) is 17.7. The van der Waals surface area contributed by atoms with Crippen molar-refractivity contribution in [2.24, 2.45) is 11.8 Å². The average molecular weight is 321 g/mol. The fourth-order valence-electron chi connectivity index (χ4n) is 3.12. The van der Waals surface area contributed by atoms with E-state index in [0.717, 1.165) is 19.3 Å². The van der Waals surface area contributed by atoms with E-state index in [1.807, 2.05) is 0 Å². The van der Waals surface area contributed by atoms with E-state index in [-0.39, 0.29) is 29.9 Å². The molecule has 1 fully saturated rings. The van der Waals surface area contributed by atoms with E-state index in [1.165, 1.54) is 6.20 Å². The van der Waals surface area contributed by atoms with Crippen molar-refractivity contribution in [1.82, 2.24) is 14.9 Å². The summed E-state index contributed by atoms with van der Waals surface area (Å²) in [6, 6.07) is 0. The summed E-state index contributed by atoms with van der Waals surface area (Å²) < 4.78 is 0. The first-order valence-electron chi connectivity index (χ1n) is 8.37. The van der Waals surface area contributed by atoms with Crippen LogP contribution in [0.4, 0.5) is 0 Å². The van der Waals surface area contributed by atoms with E-state index < -0.39 is 0 Å². The molecule has 6 heteroatoms. The van der Waals surface area contributed by atoms with Crippen LogP contribution >= 0.6 is 0 Å². The predicted molar refractivity (Wildman–Crippen MR) is 88.1 cm³/mol. The lowest BCUT2D eigenvalue weighted by Gasteiger charge is -2.34. The number of carbonyl (C=O) groups excluding carboxylic acids is 1. The molecular formula is C17H27N3O3. The molecule has 1 aliphatic heterocycles. The molecule has 2 heterocycles. The molecule has 0 aromatic carbocycles. The minimum atomic E-state index is -0.281. The number of amides is 1. The third-order valence-corrected chi connectivity index (χ3v) is 4.49. The zero-order valence-electron chi connectivity index (χ0n) is 14.2. The van der Waals surface area contributed by atoms with Crippen molar-refractivity contribution in [3.05, 3.63) is 27.9 Å². The van der Waals surface area contributed by atoms with Gasteiger partial charge in [-0.25, -0.2) is 4.98 Å². The Hall–Kier alpha value is -1.69. The fraction of sp³-hybridized carbons (Fsp3) is 0.706. The summed E-state index contributed by atoms with van der Waals surface area (Å²) in [4.78, 5) is 32.6. The van der Waals surface area contributed by atoms with Crippen LogP contribution in [0.5, 0.6) is 0 Å². The molecule has 2 rings (SSSR count). The lowest BCUT2D eigenvalue weighted by molar-refractivity contribution is -0.132. The number of nitrogens with one attached hydrogen (secondary N) is 1. The second kappa shape index (κ2) is 7.73. The van der Waals surface area contributed by atoms with E-state index in [9.17, 15) is 14.7 Å². The minimum absolute atomic E-state index is 0.0436. The molecule has 1 aromatic heterocycles. The molecule has 1 aromatic rings. The van der Waals surface area contributed by atoms with E-state index >= 15 is 0 Å². The van der Waals surface area contributed by atoms with Gasteiger partial charge in [-0.15, -0.1) is 0 Å². The molecule has 0 bridgehead atoms. The molecular weight excluding hydrogens is 294 g/mol. The molecule has 0 spiro atoms. The van der Waals surface area contributed by atoms with Crippen molar-refractivity contribution >= 4 is 5.91 Å². The maximum absolute atomic E-state index is 12.3. The van der Waals surface area contributed by atoms with Crippen LogP contribution in [0.15, 0.2) is 11.0 Å². The average Bonchev–Trinajstić information content (AvgIpc) is 2.49. The predicted octanol–water partition coefficient (Wildman–Crippen LogP) is 1.27. The number of rotatable bonds is 5. The van der Waals surface area contributed by atoms with Crippen LogP contribution in [-0.4, -0.2) is 45.1 Å². The largest absolute Gasteiger partial charge is 0.393 e. The maximum Gasteiger partial charge on any atom is 0.254 e.